The molecule has 0 radical (unpaired) electrons. The summed E-state index contributed by atoms with van der Waals surface area (Å²) in [6, 6.07) is 12.1. The maximum atomic E-state index is 6.23. The monoisotopic (exact) mass is 230 g/mol. The highest BCUT2D eigenvalue weighted by atomic mass is 15.2. The van der Waals surface area contributed by atoms with Gasteiger partial charge in [0.05, 0.1) is 0 Å². The Kier molecular flexibility index (Phi) is 3.17. The van der Waals surface area contributed by atoms with E-state index >= 15 is 0 Å². The Labute approximate surface area is 104 Å². The number of likely N-dealkylation sites (tertiary alicyclic amines) is 1. The lowest BCUT2D eigenvalue weighted by Crippen LogP contribution is -2.52. The molecule has 1 aliphatic heterocycles. The van der Waals surface area contributed by atoms with Crippen LogP contribution in [0.4, 0.5) is 0 Å². The van der Waals surface area contributed by atoms with Gasteiger partial charge < -0.3 is 5.73 Å². The van der Waals surface area contributed by atoms with Crippen LogP contribution in [0, 0.1) is 0 Å². The second-order valence-corrected chi connectivity index (χ2v) is 5.64. The van der Waals surface area contributed by atoms with Crippen molar-refractivity contribution in [1.29, 1.82) is 0 Å². The first-order valence-corrected chi connectivity index (χ1v) is 6.87. The molecular formula is C15H22N2. The van der Waals surface area contributed by atoms with Crippen molar-refractivity contribution in [3.8, 4) is 0 Å². The van der Waals surface area contributed by atoms with Crippen molar-refractivity contribution in [3.05, 3.63) is 35.9 Å². The summed E-state index contributed by atoms with van der Waals surface area (Å²) in [6.07, 6.45) is 5.32. The number of nitrogens with two attached hydrogens (primary N) is 1. The van der Waals surface area contributed by atoms with Gasteiger partial charge in [0.2, 0.25) is 0 Å². The molecule has 92 valence electrons. The molecule has 2 nitrogen and oxygen atoms in total. The first kappa shape index (κ1) is 11.2. The minimum atomic E-state index is 0.356. The van der Waals surface area contributed by atoms with E-state index in [1.54, 1.807) is 0 Å². The highest BCUT2D eigenvalue weighted by Crippen LogP contribution is 2.32. The number of piperidine rings is 1. The van der Waals surface area contributed by atoms with Gasteiger partial charge in [0.1, 0.15) is 0 Å². The van der Waals surface area contributed by atoms with E-state index in [9.17, 15) is 0 Å². The molecule has 3 rings (SSSR count). The van der Waals surface area contributed by atoms with Crippen LogP contribution >= 0.6 is 0 Å². The zero-order valence-electron chi connectivity index (χ0n) is 10.4. The molecule has 1 heterocycles. The Morgan fingerprint density at radius 3 is 2.47 bits per heavy atom. The van der Waals surface area contributed by atoms with Crippen LogP contribution < -0.4 is 5.73 Å². The summed E-state index contributed by atoms with van der Waals surface area (Å²) in [5.74, 6) is 0.639. The van der Waals surface area contributed by atoms with Crippen LogP contribution in [0.1, 0.15) is 37.2 Å². The average molecular weight is 230 g/mol. The van der Waals surface area contributed by atoms with Crippen molar-refractivity contribution in [2.24, 2.45) is 5.73 Å². The first-order valence-electron chi connectivity index (χ1n) is 6.87. The number of benzene rings is 1. The third-order valence-electron chi connectivity index (χ3n) is 4.37. The number of hydrogen-bond donors (Lipinski definition) is 1. The van der Waals surface area contributed by atoms with Crippen LogP contribution in [-0.4, -0.2) is 30.1 Å². The summed E-state index contributed by atoms with van der Waals surface area (Å²) >= 11 is 0. The molecule has 1 aromatic rings. The molecule has 1 aliphatic carbocycles. The van der Waals surface area contributed by atoms with E-state index < -0.39 is 0 Å². The fourth-order valence-corrected chi connectivity index (χ4v) is 3.19. The number of nitrogens with zero attached hydrogens (tertiary/aromatic N) is 1. The molecule has 2 atom stereocenters. The third-order valence-corrected chi connectivity index (χ3v) is 4.37. The van der Waals surface area contributed by atoms with Crippen molar-refractivity contribution in [2.45, 2.75) is 43.7 Å². The topological polar surface area (TPSA) is 29.3 Å². The molecule has 0 amide bonds. The van der Waals surface area contributed by atoms with E-state index in [4.69, 9.17) is 5.73 Å². The summed E-state index contributed by atoms with van der Waals surface area (Å²) in [6.45, 7) is 2.32. The van der Waals surface area contributed by atoms with Gasteiger partial charge in [-0.25, -0.2) is 0 Å². The Morgan fingerprint density at radius 2 is 1.82 bits per heavy atom. The molecule has 0 aromatic heterocycles. The molecular weight excluding hydrogens is 208 g/mol. The Hall–Kier alpha value is -0.860. The largest absolute Gasteiger partial charge is 0.327 e. The van der Waals surface area contributed by atoms with Crippen molar-refractivity contribution in [2.75, 3.05) is 13.1 Å². The van der Waals surface area contributed by atoms with Crippen LogP contribution in [0.5, 0.6) is 0 Å². The van der Waals surface area contributed by atoms with E-state index in [1.165, 1.54) is 31.4 Å². The lowest BCUT2D eigenvalue weighted by Gasteiger charge is -2.44. The van der Waals surface area contributed by atoms with Crippen molar-refractivity contribution >= 4 is 0 Å². The molecule has 2 fully saturated rings. The maximum absolute atomic E-state index is 6.23. The third kappa shape index (κ3) is 2.38. The zero-order chi connectivity index (χ0) is 11.7. The van der Waals surface area contributed by atoms with Crippen molar-refractivity contribution in [1.82, 2.24) is 4.90 Å². The molecule has 2 N–H and O–H groups in total. The van der Waals surface area contributed by atoms with E-state index in [0.29, 0.717) is 12.0 Å². The quantitative estimate of drug-likeness (QED) is 0.845. The van der Waals surface area contributed by atoms with Gasteiger partial charge in [-0.1, -0.05) is 36.8 Å². The Morgan fingerprint density at radius 1 is 1.06 bits per heavy atom. The molecule has 1 saturated heterocycles. The lowest BCUT2D eigenvalue weighted by atomic mass is 9.84. The first-order chi connectivity index (χ1) is 8.33. The minimum absolute atomic E-state index is 0.356. The van der Waals surface area contributed by atoms with Crippen LogP contribution in [-0.2, 0) is 0 Å². The zero-order valence-corrected chi connectivity index (χ0v) is 10.4. The fraction of sp³-hybridized carbons (Fsp3) is 0.600. The van der Waals surface area contributed by atoms with Crippen molar-refractivity contribution in [3.63, 3.8) is 0 Å². The normalized spacial score (nSPS) is 31.1. The summed E-state index contributed by atoms with van der Waals surface area (Å²) < 4.78 is 0. The Balaban J connectivity index is 1.72. The van der Waals surface area contributed by atoms with Gasteiger partial charge in [-0.2, -0.15) is 0 Å². The summed E-state index contributed by atoms with van der Waals surface area (Å²) in [4.78, 5) is 2.63. The highest BCUT2D eigenvalue weighted by molar-refractivity contribution is 5.21. The molecule has 17 heavy (non-hydrogen) atoms. The molecule has 1 aromatic carbocycles. The number of rotatable bonds is 2. The van der Waals surface area contributed by atoms with Gasteiger partial charge in [-0.3, -0.25) is 4.90 Å². The Bertz CT molecular complexity index is 358. The molecule has 1 saturated carbocycles. The molecule has 2 heteroatoms. The second kappa shape index (κ2) is 4.79. The van der Waals surface area contributed by atoms with Gasteiger partial charge in [0, 0.05) is 25.2 Å². The standard InChI is InChI=1S/C15H22N2/c16-14-9-13(12-5-2-1-3-6-12)10-17(11-14)15-7-4-8-15/h1-3,5-6,13-15H,4,7-11,16H2. The van der Waals surface area contributed by atoms with Crippen LogP contribution in [0.3, 0.4) is 0 Å². The maximum Gasteiger partial charge on any atom is 0.0174 e. The van der Waals surface area contributed by atoms with Gasteiger partial charge in [0.25, 0.3) is 0 Å². The predicted molar refractivity (Wildman–Crippen MR) is 71.0 cm³/mol. The number of hydrogen-bond acceptors (Lipinski definition) is 2. The minimum Gasteiger partial charge on any atom is -0.327 e. The summed E-state index contributed by atoms with van der Waals surface area (Å²) in [7, 11) is 0. The second-order valence-electron chi connectivity index (χ2n) is 5.64. The van der Waals surface area contributed by atoms with Crippen molar-refractivity contribution < 1.29 is 0 Å². The SMILES string of the molecule is NC1CC(c2ccccc2)CN(C2CCC2)C1. The van der Waals surface area contributed by atoms with Gasteiger partial charge in [-0.05, 0) is 30.7 Å². The van der Waals surface area contributed by atoms with E-state index in [2.05, 4.69) is 35.2 Å². The molecule has 0 spiro atoms. The summed E-state index contributed by atoms with van der Waals surface area (Å²) in [5, 5.41) is 0. The smallest absolute Gasteiger partial charge is 0.0174 e. The van der Waals surface area contributed by atoms with E-state index in [-0.39, 0.29) is 0 Å². The molecule has 2 aliphatic rings. The highest BCUT2D eigenvalue weighted by Gasteiger charge is 2.32. The molecule has 0 bridgehead atoms. The lowest BCUT2D eigenvalue weighted by molar-refractivity contribution is 0.0848. The van der Waals surface area contributed by atoms with Gasteiger partial charge >= 0.3 is 0 Å². The van der Waals surface area contributed by atoms with E-state index in [0.717, 1.165) is 19.0 Å². The van der Waals surface area contributed by atoms with E-state index in [1.807, 2.05) is 0 Å². The van der Waals surface area contributed by atoms with Crippen LogP contribution in [0.25, 0.3) is 0 Å². The van der Waals surface area contributed by atoms with Crippen LogP contribution in [0.2, 0.25) is 0 Å². The average Bonchev–Trinajstić information content (AvgIpc) is 2.27. The summed E-state index contributed by atoms with van der Waals surface area (Å²) in [5.41, 5.74) is 7.69. The van der Waals surface area contributed by atoms with Gasteiger partial charge in [0.15, 0.2) is 0 Å². The molecule has 2 unspecified atom stereocenters. The van der Waals surface area contributed by atoms with Crippen LogP contribution in [0.15, 0.2) is 30.3 Å². The fourth-order valence-electron chi connectivity index (χ4n) is 3.19. The van der Waals surface area contributed by atoms with Gasteiger partial charge in [-0.15, -0.1) is 0 Å². The predicted octanol–water partition coefficient (Wildman–Crippen LogP) is 2.36.